The van der Waals surface area contributed by atoms with Gasteiger partial charge < -0.3 is 0 Å². The number of carbonyl (C=O) groups excluding carboxylic acids is 1. The van der Waals surface area contributed by atoms with Crippen LogP contribution < -0.4 is 4.90 Å². The molecule has 10 heteroatoms. The molecular weight excluding hydrogens is 378 g/mol. The number of carbonyl (C=O) groups is 1. The van der Waals surface area contributed by atoms with Crippen LogP contribution >= 0.6 is 22.9 Å². The predicted octanol–water partition coefficient (Wildman–Crippen LogP) is 3.72. The first-order valence-electron chi connectivity index (χ1n) is 7.86. The Morgan fingerprint density at radius 2 is 2.15 bits per heavy atom. The van der Waals surface area contributed by atoms with Crippen LogP contribution in [0.25, 0.3) is 10.2 Å². The molecule has 1 amide bonds. The highest BCUT2D eigenvalue weighted by molar-refractivity contribution is 7.22. The quantitative estimate of drug-likeness (QED) is 0.486. The highest BCUT2D eigenvalue weighted by Crippen LogP contribution is 2.31. The number of anilines is 1. The van der Waals surface area contributed by atoms with Gasteiger partial charge in [0.15, 0.2) is 5.13 Å². The molecule has 0 fully saturated rings. The lowest BCUT2D eigenvalue weighted by atomic mass is 10.3. The number of aromatic nitrogens is 3. The number of thiazole rings is 1. The molecular formula is C16H16ClN5O3S. The number of aryl methyl sites for hydroxylation is 1. The molecule has 2 aromatic heterocycles. The molecule has 3 aromatic rings. The minimum atomic E-state index is -0.479. The Labute approximate surface area is 158 Å². The van der Waals surface area contributed by atoms with E-state index in [9.17, 15) is 14.9 Å². The van der Waals surface area contributed by atoms with Gasteiger partial charge in [0.05, 0.1) is 15.1 Å². The molecule has 0 spiro atoms. The average Bonchev–Trinajstić information content (AvgIpc) is 3.08. The van der Waals surface area contributed by atoms with Crippen LogP contribution in [0, 0.1) is 24.0 Å². The van der Waals surface area contributed by atoms with E-state index in [0.29, 0.717) is 22.4 Å². The van der Waals surface area contributed by atoms with Crippen molar-refractivity contribution in [1.82, 2.24) is 14.8 Å². The van der Waals surface area contributed by atoms with E-state index < -0.39 is 4.92 Å². The second kappa shape index (κ2) is 7.00. The topological polar surface area (TPSA) is 94.2 Å². The maximum Gasteiger partial charge on any atom is 0.312 e. The fourth-order valence-electron chi connectivity index (χ4n) is 2.74. The largest absolute Gasteiger partial charge is 0.312 e. The summed E-state index contributed by atoms with van der Waals surface area (Å²) in [6.45, 7) is 5.32. The van der Waals surface area contributed by atoms with Gasteiger partial charge >= 0.3 is 5.69 Å². The SMILES string of the molecule is CCN(C(=O)Cn1nc(C)c([N+](=O)[O-])c1C)c1nc2cc(Cl)ccc2s1. The van der Waals surface area contributed by atoms with Gasteiger partial charge in [0.2, 0.25) is 0 Å². The molecule has 0 N–H and O–H groups in total. The number of nitrogens with zero attached hydrogens (tertiary/aromatic N) is 5. The lowest BCUT2D eigenvalue weighted by Gasteiger charge is -2.17. The first kappa shape index (κ1) is 18.3. The van der Waals surface area contributed by atoms with Crippen molar-refractivity contribution in [1.29, 1.82) is 0 Å². The average molecular weight is 394 g/mol. The summed E-state index contributed by atoms with van der Waals surface area (Å²) in [6, 6.07) is 5.39. The second-order valence-corrected chi connectivity index (χ2v) is 7.13. The van der Waals surface area contributed by atoms with Gasteiger partial charge in [-0.1, -0.05) is 22.9 Å². The fourth-order valence-corrected chi connectivity index (χ4v) is 3.93. The van der Waals surface area contributed by atoms with Crippen LogP contribution in [0.15, 0.2) is 18.2 Å². The third-order valence-corrected chi connectivity index (χ3v) is 5.29. The van der Waals surface area contributed by atoms with E-state index in [-0.39, 0.29) is 23.8 Å². The molecule has 0 saturated heterocycles. The van der Waals surface area contributed by atoms with Gasteiger partial charge in [0.1, 0.15) is 17.9 Å². The maximum absolute atomic E-state index is 12.8. The molecule has 0 bridgehead atoms. The minimum Gasteiger partial charge on any atom is -0.287 e. The van der Waals surface area contributed by atoms with Gasteiger partial charge in [0, 0.05) is 11.6 Å². The molecule has 0 atom stereocenters. The van der Waals surface area contributed by atoms with Crippen LogP contribution in [-0.4, -0.2) is 32.1 Å². The smallest absolute Gasteiger partial charge is 0.287 e. The normalized spacial score (nSPS) is 11.1. The summed E-state index contributed by atoms with van der Waals surface area (Å²) in [6.07, 6.45) is 0. The Balaban J connectivity index is 1.89. The molecule has 1 aromatic carbocycles. The van der Waals surface area contributed by atoms with Crippen LogP contribution in [0.3, 0.4) is 0 Å². The first-order chi connectivity index (χ1) is 12.3. The third kappa shape index (κ3) is 3.27. The van der Waals surface area contributed by atoms with Crippen molar-refractivity contribution >= 4 is 49.9 Å². The third-order valence-electron chi connectivity index (χ3n) is 4.00. The van der Waals surface area contributed by atoms with Crippen molar-refractivity contribution in [2.24, 2.45) is 0 Å². The van der Waals surface area contributed by atoms with E-state index in [1.54, 1.807) is 30.9 Å². The summed E-state index contributed by atoms with van der Waals surface area (Å²) >= 11 is 7.38. The van der Waals surface area contributed by atoms with Crippen molar-refractivity contribution in [2.75, 3.05) is 11.4 Å². The summed E-state index contributed by atoms with van der Waals surface area (Å²) in [4.78, 5) is 29.4. The summed E-state index contributed by atoms with van der Waals surface area (Å²) in [5, 5.41) is 16.4. The van der Waals surface area contributed by atoms with Gasteiger partial charge in [-0.3, -0.25) is 24.5 Å². The van der Waals surface area contributed by atoms with Gasteiger partial charge in [-0.2, -0.15) is 5.10 Å². The van der Waals surface area contributed by atoms with Crippen LogP contribution in [0.4, 0.5) is 10.8 Å². The Hall–Kier alpha value is -2.52. The number of benzene rings is 1. The van der Waals surface area contributed by atoms with Gasteiger partial charge in [-0.05, 0) is 39.0 Å². The zero-order valence-electron chi connectivity index (χ0n) is 14.4. The standard InChI is InChI=1S/C16H16ClN5O3S/c1-4-20(16-18-12-7-11(17)5-6-13(12)26-16)14(23)8-21-10(3)15(22(24)25)9(2)19-21/h5-7H,4,8H2,1-3H3. The molecule has 3 rings (SSSR count). The molecule has 136 valence electrons. The van der Waals surface area contributed by atoms with E-state index in [1.807, 2.05) is 13.0 Å². The van der Waals surface area contributed by atoms with E-state index in [2.05, 4.69) is 10.1 Å². The predicted molar refractivity (Wildman–Crippen MR) is 101 cm³/mol. The van der Waals surface area contributed by atoms with E-state index in [4.69, 9.17) is 11.6 Å². The molecule has 0 saturated carbocycles. The molecule has 0 aliphatic rings. The van der Waals surface area contributed by atoms with Gasteiger partial charge in [-0.25, -0.2) is 4.98 Å². The van der Waals surface area contributed by atoms with Crippen molar-refractivity contribution in [2.45, 2.75) is 27.3 Å². The zero-order chi connectivity index (χ0) is 19.0. The number of fused-ring (bicyclic) bond motifs is 1. The highest BCUT2D eigenvalue weighted by atomic mass is 35.5. The number of nitro groups is 1. The van der Waals surface area contributed by atoms with Gasteiger partial charge in [0.25, 0.3) is 5.91 Å². The summed E-state index contributed by atoms with van der Waals surface area (Å²) in [7, 11) is 0. The maximum atomic E-state index is 12.8. The monoisotopic (exact) mass is 393 g/mol. The molecule has 8 nitrogen and oxygen atoms in total. The fraction of sp³-hybridized carbons (Fsp3) is 0.312. The number of likely N-dealkylation sites (N-methyl/N-ethyl adjacent to an activating group) is 1. The molecule has 0 unspecified atom stereocenters. The summed E-state index contributed by atoms with van der Waals surface area (Å²) in [5.74, 6) is -0.238. The molecule has 0 aliphatic carbocycles. The van der Waals surface area contributed by atoms with Crippen LogP contribution in [0.1, 0.15) is 18.3 Å². The number of rotatable bonds is 5. The second-order valence-electron chi connectivity index (χ2n) is 5.68. The first-order valence-corrected chi connectivity index (χ1v) is 9.06. The molecule has 0 aliphatic heterocycles. The van der Waals surface area contributed by atoms with Crippen LogP contribution in [0.2, 0.25) is 5.02 Å². The molecule has 0 radical (unpaired) electrons. The van der Waals surface area contributed by atoms with Crippen molar-refractivity contribution in [3.63, 3.8) is 0 Å². The Morgan fingerprint density at radius 3 is 2.77 bits per heavy atom. The zero-order valence-corrected chi connectivity index (χ0v) is 16.0. The van der Waals surface area contributed by atoms with Crippen molar-refractivity contribution in [3.05, 3.63) is 44.7 Å². The van der Waals surface area contributed by atoms with E-state index >= 15 is 0 Å². The van der Waals surface area contributed by atoms with Gasteiger partial charge in [-0.15, -0.1) is 0 Å². The lowest BCUT2D eigenvalue weighted by molar-refractivity contribution is -0.386. The van der Waals surface area contributed by atoms with E-state index in [0.717, 1.165) is 10.2 Å². The van der Waals surface area contributed by atoms with Crippen LogP contribution in [-0.2, 0) is 11.3 Å². The molecule has 26 heavy (non-hydrogen) atoms. The van der Waals surface area contributed by atoms with Crippen molar-refractivity contribution < 1.29 is 9.72 Å². The number of hydrogen-bond acceptors (Lipinski definition) is 6. The number of hydrogen-bond donors (Lipinski definition) is 0. The minimum absolute atomic E-state index is 0.0597. The van der Waals surface area contributed by atoms with E-state index in [1.165, 1.54) is 16.0 Å². The number of halogens is 1. The highest BCUT2D eigenvalue weighted by Gasteiger charge is 2.25. The van der Waals surface area contributed by atoms with Crippen molar-refractivity contribution in [3.8, 4) is 0 Å². The van der Waals surface area contributed by atoms with Crippen LogP contribution in [0.5, 0.6) is 0 Å². The lowest BCUT2D eigenvalue weighted by Crippen LogP contribution is -2.34. The Morgan fingerprint density at radius 1 is 1.42 bits per heavy atom. The molecule has 2 heterocycles. The summed E-state index contributed by atoms with van der Waals surface area (Å²) in [5.41, 5.74) is 1.31. The Kier molecular flexibility index (Phi) is 4.92. The summed E-state index contributed by atoms with van der Waals surface area (Å²) < 4.78 is 2.29. The number of amides is 1. The Bertz CT molecular complexity index is 1010.